The quantitative estimate of drug-likeness (QED) is 0.592. The van der Waals surface area contributed by atoms with Crippen molar-refractivity contribution in [2.45, 2.75) is 51.6 Å². The molecule has 1 aromatic heterocycles. The van der Waals surface area contributed by atoms with E-state index in [1.54, 1.807) is 31.1 Å². The van der Waals surface area contributed by atoms with Crippen molar-refractivity contribution in [1.29, 1.82) is 0 Å². The summed E-state index contributed by atoms with van der Waals surface area (Å²) in [6.45, 7) is 5.97. The molecule has 176 valence electrons. The normalized spacial score (nSPS) is 15.9. The van der Waals surface area contributed by atoms with E-state index in [4.69, 9.17) is 4.98 Å². The molecular weight excluding hydrogens is 431 g/mol. The van der Waals surface area contributed by atoms with Crippen LogP contribution in [-0.4, -0.2) is 38.8 Å². The fourth-order valence-electron chi connectivity index (χ4n) is 4.42. The minimum Gasteiger partial charge on any atom is -0.338 e. The highest BCUT2D eigenvalue weighted by Crippen LogP contribution is 2.32. The summed E-state index contributed by atoms with van der Waals surface area (Å²) >= 11 is 0. The van der Waals surface area contributed by atoms with E-state index in [1.807, 2.05) is 6.07 Å². The van der Waals surface area contributed by atoms with Crippen LogP contribution < -0.4 is 5.32 Å². The summed E-state index contributed by atoms with van der Waals surface area (Å²) in [7, 11) is 0. The number of nitrogens with one attached hydrogen (secondary N) is 1. The third-order valence-corrected chi connectivity index (χ3v) is 6.07. The Kier molecular flexibility index (Phi) is 6.72. The third kappa shape index (κ3) is 5.30. The molecule has 1 aliphatic heterocycles. The van der Waals surface area contributed by atoms with Crippen molar-refractivity contribution < 1.29 is 14.0 Å². The van der Waals surface area contributed by atoms with Gasteiger partial charge in [0.2, 0.25) is 5.91 Å². The van der Waals surface area contributed by atoms with Crippen LogP contribution in [0.2, 0.25) is 0 Å². The van der Waals surface area contributed by atoms with Gasteiger partial charge in [-0.1, -0.05) is 35.9 Å². The smallest absolute Gasteiger partial charge is 0.252 e. The first-order valence-corrected chi connectivity index (χ1v) is 11.5. The second kappa shape index (κ2) is 9.71. The van der Waals surface area contributed by atoms with Gasteiger partial charge in [0.1, 0.15) is 11.4 Å². The second-order valence-electron chi connectivity index (χ2n) is 9.35. The van der Waals surface area contributed by atoms with Crippen LogP contribution >= 0.6 is 0 Å². The molecule has 0 radical (unpaired) electrons. The van der Waals surface area contributed by atoms with Crippen LogP contribution in [-0.2, 0) is 11.2 Å². The molecule has 2 aromatic carbocycles. The topological polar surface area (TPSA) is 75.2 Å². The average Bonchev–Trinajstić information content (AvgIpc) is 3.28. The predicted molar refractivity (Wildman–Crippen MR) is 128 cm³/mol. The van der Waals surface area contributed by atoms with Crippen molar-refractivity contribution >= 4 is 11.8 Å². The van der Waals surface area contributed by atoms with Crippen LogP contribution in [0.25, 0.3) is 0 Å². The predicted octanol–water partition coefficient (Wildman–Crippen LogP) is 4.39. The van der Waals surface area contributed by atoms with Crippen molar-refractivity contribution in [3.8, 4) is 0 Å². The number of nitrogens with zero attached hydrogens (tertiary/aromatic N) is 3. The molecule has 4 rings (SSSR count). The minimum atomic E-state index is -1.17. The first-order valence-electron chi connectivity index (χ1n) is 11.5. The van der Waals surface area contributed by atoms with Crippen molar-refractivity contribution in [1.82, 2.24) is 20.2 Å². The molecule has 0 spiro atoms. The van der Waals surface area contributed by atoms with Crippen LogP contribution in [0.3, 0.4) is 0 Å². The Morgan fingerprint density at radius 3 is 2.71 bits per heavy atom. The number of hydrogen-bond donors (Lipinski definition) is 1. The van der Waals surface area contributed by atoms with Gasteiger partial charge < -0.3 is 10.2 Å². The zero-order chi connectivity index (χ0) is 24.3. The summed E-state index contributed by atoms with van der Waals surface area (Å²) in [6.07, 6.45) is 5.76. The molecule has 2 heterocycles. The number of carbonyl (C=O) groups excluding carboxylic acids is 2. The number of halogens is 1. The maximum absolute atomic E-state index is 13.5. The number of aryl methyl sites for hydroxylation is 1. The number of hydrogen-bond acceptors (Lipinski definition) is 4. The van der Waals surface area contributed by atoms with Crippen LogP contribution in [0.4, 0.5) is 4.39 Å². The maximum Gasteiger partial charge on any atom is 0.252 e. The Labute approximate surface area is 199 Å². The van der Waals surface area contributed by atoms with E-state index in [0.717, 1.165) is 35.9 Å². The molecule has 3 aromatic rings. The van der Waals surface area contributed by atoms with Gasteiger partial charge in [-0.3, -0.25) is 19.6 Å². The molecule has 1 atom stereocenters. The lowest BCUT2D eigenvalue weighted by atomic mass is 10.0. The molecule has 1 fully saturated rings. The van der Waals surface area contributed by atoms with E-state index < -0.39 is 17.3 Å². The Morgan fingerprint density at radius 2 is 1.94 bits per heavy atom. The maximum atomic E-state index is 13.5. The molecule has 34 heavy (non-hydrogen) atoms. The van der Waals surface area contributed by atoms with Crippen molar-refractivity contribution in [3.63, 3.8) is 0 Å². The van der Waals surface area contributed by atoms with Crippen molar-refractivity contribution in [3.05, 3.63) is 94.8 Å². The van der Waals surface area contributed by atoms with Gasteiger partial charge in [-0.2, -0.15) is 0 Å². The number of likely N-dealkylation sites (tertiary alicyclic amines) is 1. The highest BCUT2D eigenvalue weighted by atomic mass is 19.1. The fourth-order valence-corrected chi connectivity index (χ4v) is 4.42. The average molecular weight is 461 g/mol. The lowest BCUT2D eigenvalue weighted by molar-refractivity contribution is -0.137. The van der Waals surface area contributed by atoms with Gasteiger partial charge in [0.05, 0.1) is 23.6 Å². The fraction of sp³-hybridized carbons (Fsp3) is 0.333. The molecule has 0 saturated carbocycles. The van der Waals surface area contributed by atoms with E-state index in [0.29, 0.717) is 13.0 Å². The molecule has 0 aliphatic carbocycles. The number of benzene rings is 2. The number of rotatable bonds is 6. The van der Waals surface area contributed by atoms with Gasteiger partial charge in [0.25, 0.3) is 5.91 Å². The van der Waals surface area contributed by atoms with Crippen LogP contribution in [0, 0.1) is 12.7 Å². The van der Waals surface area contributed by atoms with E-state index >= 15 is 0 Å². The van der Waals surface area contributed by atoms with E-state index in [9.17, 15) is 14.0 Å². The first kappa shape index (κ1) is 23.5. The Morgan fingerprint density at radius 1 is 1.15 bits per heavy atom. The van der Waals surface area contributed by atoms with Gasteiger partial charge in [-0.15, -0.1) is 0 Å². The number of aromatic nitrogens is 2. The molecule has 2 amide bonds. The third-order valence-electron chi connectivity index (χ3n) is 6.07. The number of amides is 2. The van der Waals surface area contributed by atoms with E-state index in [-0.39, 0.29) is 17.5 Å². The monoisotopic (exact) mass is 460 g/mol. The molecule has 7 heteroatoms. The summed E-state index contributed by atoms with van der Waals surface area (Å²) < 4.78 is 13.5. The van der Waals surface area contributed by atoms with Crippen LogP contribution in [0.5, 0.6) is 0 Å². The van der Waals surface area contributed by atoms with Crippen molar-refractivity contribution in [2.75, 3.05) is 6.54 Å². The molecule has 1 saturated heterocycles. The lowest BCUT2D eigenvalue weighted by Gasteiger charge is -2.33. The zero-order valence-electron chi connectivity index (χ0n) is 19.7. The van der Waals surface area contributed by atoms with E-state index in [1.165, 1.54) is 23.8 Å². The summed E-state index contributed by atoms with van der Waals surface area (Å²) in [5.74, 6) is -1.19. The SMILES string of the molecule is Cc1cccc(Cc2cncc([C@@H]3CCCN3C(=O)C(C)(C)NC(=O)c3cccc(F)c3)n2)c1. The Bertz CT molecular complexity index is 1210. The Balaban J connectivity index is 1.50. The van der Waals surface area contributed by atoms with Crippen LogP contribution in [0.15, 0.2) is 60.9 Å². The van der Waals surface area contributed by atoms with Gasteiger partial charge >= 0.3 is 0 Å². The number of carbonyl (C=O) groups is 2. The zero-order valence-corrected chi connectivity index (χ0v) is 19.7. The van der Waals surface area contributed by atoms with E-state index in [2.05, 4.69) is 35.4 Å². The molecule has 0 unspecified atom stereocenters. The molecule has 1 aliphatic rings. The lowest BCUT2D eigenvalue weighted by Crippen LogP contribution is -2.55. The molecular formula is C27H29FN4O2. The summed E-state index contributed by atoms with van der Waals surface area (Å²) in [5.41, 5.74) is 2.96. The molecule has 0 bridgehead atoms. The largest absolute Gasteiger partial charge is 0.338 e. The van der Waals surface area contributed by atoms with Gasteiger partial charge in [-0.05, 0) is 57.4 Å². The highest BCUT2D eigenvalue weighted by Gasteiger charge is 2.40. The van der Waals surface area contributed by atoms with Gasteiger partial charge in [0.15, 0.2) is 0 Å². The minimum absolute atomic E-state index is 0.175. The molecule has 1 N–H and O–H groups in total. The summed E-state index contributed by atoms with van der Waals surface area (Å²) in [6, 6.07) is 13.5. The Hall–Kier alpha value is -3.61. The van der Waals surface area contributed by atoms with Gasteiger partial charge in [-0.25, -0.2) is 4.39 Å². The second-order valence-corrected chi connectivity index (χ2v) is 9.35. The highest BCUT2D eigenvalue weighted by molar-refractivity contribution is 5.99. The van der Waals surface area contributed by atoms with Crippen molar-refractivity contribution in [2.24, 2.45) is 0 Å². The summed E-state index contributed by atoms with van der Waals surface area (Å²) in [4.78, 5) is 37.1. The first-order chi connectivity index (χ1) is 16.2. The summed E-state index contributed by atoms with van der Waals surface area (Å²) in [5, 5.41) is 2.76. The molecule has 6 nitrogen and oxygen atoms in total. The van der Waals surface area contributed by atoms with Crippen LogP contribution in [0.1, 0.15) is 65.6 Å². The van der Waals surface area contributed by atoms with Gasteiger partial charge in [0, 0.05) is 24.7 Å². The standard InChI is InChI=1S/C27H29FN4O2/c1-18-7-4-8-19(13-18)14-22-16-29-17-23(30-22)24-11-6-12-32(24)26(34)27(2,3)31-25(33)20-9-5-10-21(28)15-20/h4-5,7-10,13,15-17,24H,6,11-12,14H2,1-3H3,(H,31,33)/t24-/m0/s1.